The van der Waals surface area contributed by atoms with Gasteiger partial charge in [0.2, 0.25) is 0 Å². The zero-order chi connectivity index (χ0) is 12.5. The highest BCUT2D eigenvalue weighted by atomic mass is 15.1. The molecule has 0 saturated carbocycles. The van der Waals surface area contributed by atoms with Crippen molar-refractivity contribution in [1.82, 2.24) is 4.90 Å². The Kier molecular flexibility index (Phi) is 6.12. The largest absolute Gasteiger partial charge is 0.399 e. The average molecular weight is 230 g/mol. The lowest BCUT2D eigenvalue weighted by molar-refractivity contribution is 0.330. The van der Waals surface area contributed by atoms with Crippen LogP contribution in [0.25, 0.3) is 0 Å². The first-order valence-electron chi connectivity index (χ1n) is 6.05. The van der Waals surface area contributed by atoms with E-state index in [0.717, 1.165) is 38.2 Å². The first kappa shape index (κ1) is 13.5. The van der Waals surface area contributed by atoms with Crippen molar-refractivity contribution in [2.45, 2.75) is 12.8 Å². The predicted octanol–water partition coefficient (Wildman–Crippen LogP) is 2.88. The highest BCUT2D eigenvalue weighted by molar-refractivity contribution is 5.46. The second-order valence-electron chi connectivity index (χ2n) is 4.14. The van der Waals surface area contributed by atoms with Gasteiger partial charge in [-0.05, 0) is 31.0 Å². The number of hydrogen-bond donors (Lipinski definition) is 1. The maximum Gasteiger partial charge on any atom is 0.0346 e. The molecule has 0 aliphatic rings. The third-order valence-electron chi connectivity index (χ3n) is 2.75. The molecule has 0 amide bonds. The van der Waals surface area contributed by atoms with Gasteiger partial charge in [-0.25, -0.2) is 0 Å². The molecule has 0 atom stereocenters. The van der Waals surface area contributed by atoms with Crippen molar-refractivity contribution in [2.75, 3.05) is 25.4 Å². The fourth-order valence-electron chi connectivity index (χ4n) is 1.88. The summed E-state index contributed by atoms with van der Waals surface area (Å²) in [6, 6.07) is 8.07. The Labute approximate surface area is 104 Å². The topological polar surface area (TPSA) is 29.3 Å². The minimum atomic E-state index is 0.895. The van der Waals surface area contributed by atoms with Crippen LogP contribution in [-0.4, -0.2) is 24.5 Å². The van der Waals surface area contributed by atoms with Crippen molar-refractivity contribution in [3.8, 4) is 0 Å². The molecule has 0 spiro atoms. The Morgan fingerprint density at radius 3 is 2.35 bits per heavy atom. The van der Waals surface area contributed by atoms with Gasteiger partial charge in [-0.3, -0.25) is 4.90 Å². The maximum atomic E-state index is 5.91. The average Bonchev–Trinajstić information content (AvgIpc) is 2.32. The van der Waals surface area contributed by atoms with Gasteiger partial charge in [-0.2, -0.15) is 0 Å². The number of benzene rings is 1. The zero-order valence-electron chi connectivity index (χ0n) is 10.4. The Morgan fingerprint density at radius 1 is 1.12 bits per heavy atom. The molecule has 0 saturated heterocycles. The van der Waals surface area contributed by atoms with Crippen LogP contribution in [0.3, 0.4) is 0 Å². The smallest absolute Gasteiger partial charge is 0.0346 e. The van der Waals surface area contributed by atoms with E-state index in [1.54, 1.807) is 0 Å². The van der Waals surface area contributed by atoms with Crippen molar-refractivity contribution in [3.05, 3.63) is 55.1 Å². The van der Waals surface area contributed by atoms with Gasteiger partial charge < -0.3 is 5.73 Å². The Morgan fingerprint density at radius 2 is 1.76 bits per heavy atom. The quantitative estimate of drug-likeness (QED) is 0.549. The molecule has 1 rings (SSSR count). The van der Waals surface area contributed by atoms with Gasteiger partial charge in [0.05, 0.1) is 0 Å². The first-order chi connectivity index (χ1) is 8.27. The van der Waals surface area contributed by atoms with Gasteiger partial charge in [0.15, 0.2) is 0 Å². The molecule has 0 unspecified atom stereocenters. The minimum Gasteiger partial charge on any atom is -0.399 e. The molecule has 2 heteroatoms. The lowest BCUT2D eigenvalue weighted by atomic mass is 10.1. The van der Waals surface area contributed by atoms with Gasteiger partial charge in [0.1, 0.15) is 0 Å². The number of nitrogens with two attached hydrogens (primary N) is 1. The molecule has 1 aromatic rings. The maximum absolute atomic E-state index is 5.91. The fraction of sp³-hybridized carbons (Fsp3) is 0.333. The van der Waals surface area contributed by atoms with Crippen LogP contribution in [0.1, 0.15) is 12.0 Å². The number of aryl methyl sites for hydroxylation is 1. The number of para-hydroxylation sites is 1. The SMILES string of the molecule is C=CCN(CC=C)CCCc1ccccc1N. The predicted molar refractivity (Wildman–Crippen MR) is 76.0 cm³/mol. The minimum absolute atomic E-state index is 0.895. The van der Waals surface area contributed by atoms with Crippen molar-refractivity contribution in [1.29, 1.82) is 0 Å². The number of hydrogen-bond acceptors (Lipinski definition) is 2. The third kappa shape index (κ3) is 4.87. The summed E-state index contributed by atoms with van der Waals surface area (Å²) in [4.78, 5) is 2.32. The van der Waals surface area contributed by atoms with E-state index in [2.05, 4.69) is 24.1 Å². The molecule has 0 bridgehead atoms. The summed E-state index contributed by atoms with van der Waals surface area (Å²) in [5.74, 6) is 0. The van der Waals surface area contributed by atoms with Crippen molar-refractivity contribution in [2.24, 2.45) is 0 Å². The highest BCUT2D eigenvalue weighted by Gasteiger charge is 2.02. The number of anilines is 1. The normalized spacial score (nSPS) is 10.4. The van der Waals surface area contributed by atoms with Gasteiger partial charge in [0, 0.05) is 18.8 Å². The van der Waals surface area contributed by atoms with Crippen molar-refractivity contribution in [3.63, 3.8) is 0 Å². The molecule has 0 aliphatic heterocycles. The molecule has 0 aromatic heterocycles. The van der Waals surface area contributed by atoms with E-state index in [4.69, 9.17) is 5.73 Å². The van der Waals surface area contributed by atoms with E-state index in [0.29, 0.717) is 0 Å². The summed E-state index contributed by atoms with van der Waals surface area (Å²) in [7, 11) is 0. The van der Waals surface area contributed by atoms with E-state index in [9.17, 15) is 0 Å². The van der Waals surface area contributed by atoms with Crippen LogP contribution in [0.15, 0.2) is 49.6 Å². The molecule has 0 radical (unpaired) electrons. The van der Waals surface area contributed by atoms with Gasteiger partial charge >= 0.3 is 0 Å². The summed E-state index contributed by atoms with van der Waals surface area (Å²) in [6.45, 7) is 10.4. The number of nitrogen functional groups attached to an aromatic ring is 1. The van der Waals surface area contributed by atoms with Crippen LogP contribution in [-0.2, 0) is 6.42 Å². The van der Waals surface area contributed by atoms with Crippen LogP contribution in [0, 0.1) is 0 Å². The van der Waals surface area contributed by atoms with Gasteiger partial charge in [-0.15, -0.1) is 13.2 Å². The van der Waals surface area contributed by atoms with E-state index in [1.165, 1.54) is 5.56 Å². The Hall–Kier alpha value is -1.54. The highest BCUT2D eigenvalue weighted by Crippen LogP contribution is 2.12. The summed E-state index contributed by atoms with van der Waals surface area (Å²) in [5, 5.41) is 0. The van der Waals surface area contributed by atoms with Crippen LogP contribution >= 0.6 is 0 Å². The summed E-state index contributed by atoms with van der Waals surface area (Å²) < 4.78 is 0. The lowest BCUT2D eigenvalue weighted by Gasteiger charge is -2.18. The zero-order valence-corrected chi connectivity index (χ0v) is 10.4. The van der Waals surface area contributed by atoms with E-state index in [-0.39, 0.29) is 0 Å². The fourth-order valence-corrected chi connectivity index (χ4v) is 1.88. The molecule has 17 heavy (non-hydrogen) atoms. The second kappa shape index (κ2) is 7.69. The van der Waals surface area contributed by atoms with Gasteiger partial charge in [0.25, 0.3) is 0 Å². The first-order valence-corrected chi connectivity index (χ1v) is 6.05. The van der Waals surface area contributed by atoms with Crippen LogP contribution in [0.2, 0.25) is 0 Å². The summed E-state index contributed by atoms with van der Waals surface area (Å²) >= 11 is 0. The van der Waals surface area contributed by atoms with Crippen LogP contribution in [0.5, 0.6) is 0 Å². The van der Waals surface area contributed by atoms with E-state index >= 15 is 0 Å². The molecular formula is C15H22N2. The second-order valence-corrected chi connectivity index (χ2v) is 4.14. The summed E-state index contributed by atoms with van der Waals surface area (Å²) in [6.07, 6.45) is 5.99. The Balaban J connectivity index is 2.37. The lowest BCUT2D eigenvalue weighted by Crippen LogP contribution is -2.25. The number of nitrogens with zero attached hydrogens (tertiary/aromatic N) is 1. The third-order valence-corrected chi connectivity index (χ3v) is 2.75. The molecule has 0 aliphatic carbocycles. The number of rotatable bonds is 8. The van der Waals surface area contributed by atoms with E-state index < -0.39 is 0 Å². The summed E-state index contributed by atoms with van der Waals surface area (Å²) in [5.41, 5.74) is 8.04. The van der Waals surface area contributed by atoms with E-state index in [1.807, 2.05) is 30.4 Å². The van der Waals surface area contributed by atoms with Crippen LogP contribution in [0.4, 0.5) is 5.69 Å². The molecule has 2 N–H and O–H groups in total. The van der Waals surface area contributed by atoms with Gasteiger partial charge in [-0.1, -0.05) is 30.4 Å². The molecular weight excluding hydrogens is 208 g/mol. The monoisotopic (exact) mass is 230 g/mol. The standard InChI is InChI=1S/C15H22N2/c1-3-11-17(12-4-2)13-7-9-14-8-5-6-10-15(14)16/h3-6,8,10H,1-2,7,9,11-13,16H2. The molecule has 0 fully saturated rings. The molecule has 92 valence electrons. The van der Waals surface area contributed by atoms with Crippen LogP contribution < -0.4 is 5.73 Å². The van der Waals surface area contributed by atoms with Crippen molar-refractivity contribution >= 4 is 5.69 Å². The molecule has 1 aromatic carbocycles. The Bertz CT molecular complexity index is 348. The van der Waals surface area contributed by atoms with Crippen molar-refractivity contribution < 1.29 is 0 Å². The molecule has 2 nitrogen and oxygen atoms in total. The molecule has 0 heterocycles.